The zero-order valence-electron chi connectivity index (χ0n) is 11.5. The molecule has 0 aliphatic rings. The molecule has 0 radical (unpaired) electrons. The topological polar surface area (TPSA) is 102 Å². The Morgan fingerprint density at radius 1 is 1.43 bits per heavy atom. The van der Waals surface area contributed by atoms with Crippen LogP contribution in [0.4, 0.5) is 0 Å². The Kier molecular flexibility index (Phi) is 6.59. The van der Waals surface area contributed by atoms with Crippen LogP contribution in [-0.4, -0.2) is 46.4 Å². The second kappa shape index (κ2) is 7.74. The molecule has 118 valence electrons. The number of ether oxygens (including phenoxy) is 2. The predicted octanol–water partition coefficient (Wildman–Crippen LogP) is 1.23. The smallest absolute Gasteiger partial charge is 0.306 e. The number of benzene rings is 1. The standard InChI is InChI=1S/C12H16BrNO6S/c1-19-8(5-12(15)16)7-14-21(17,18)9-3-4-11(20-2)10(13)6-9/h3-4,6,8,14H,5,7H2,1-2H3,(H,15,16). The Balaban J connectivity index is 2.81. The number of nitrogens with one attached hydrogen (secondary N) is 1. The van der Waals surface area contributed by atoms with Crippen molar-refractivity contribution in [1.82, 2.24) is 4.72 Å². The summed E-state index contributed by atoms with van der Waals surface area (Å²) in [6.45, 7) is -0.130. The van der Waals surface area contributed by atoms with Crippen LogP contribution in [0.1, 0.15) is 6.42 Å². The first-order valence-corrected chi connectivity index (χ1v) is 8.15. The van der Waals surface area contributed by atoms with Gasteiger partial charge in [0.2, 0.25) is 10.0 Å². The number of rotatable bonds is 8. The number of halogens is 1. The van der Waals surface area contributed by atoms with Crippen LogP contribution in [0.25, 0.3) is 0 Å². The first-order chi connectivity index (χ1) is 9.80. The van der Waals surface area contributed by atoms with Gasteiger partial charge in [0.05, 0.1) is 29.0 Å². The van der Waals surface area contributed by atoms with E-state index in [1.165, 1.54) is 32.4 Å². The molecule has 1 unspecified atom stereocenters. The molecule has 0 heterocycles. The Bertz CT molecular complexity index is 604. The van der Waals surface area contributed by atoms with Crippen molar-refractivity contribution in [2.24, 2.45) is 0 Å². The van der Waals surface area contributed by atoms with E-state index >= 15 is 0 Å². The van der Waals surface area contributed by atoms with Gasteiger partial charge in [-0.15, -0.1) is 0 Å². The highest BCUT2D eigenvalue weighted by molar-refractivity contribution is 9.10. The first kappa shape index (κ1) is 17.9. The van der Waals surface area contributed by atoms with E-state index in [1.807, 2.05) is 0 Å². The molecule has 7 nitrogen and oxygen atoms in total. The molecule has 0 bridgehead atoms. The van der Waals surface area contributed by atoms with Crippen LogP contribution in [0.15, 0.2) is 27.6 Å². The van der Waals surface area contributed by atoms with Crippen molar-refractivity contribution in [3.05, 3.63) is 22.7 Å². The summed E-state index contributed by atoms with van der Waals surface area (Å²) in [4.78, 5) is 10.6. The molecule has 1 rings (SSSR count). The van der Waals surface area contributed by atoms with Crippen molar-refractivity contribution in [3.8, 4) is 5.75 Å². The van der Waals surface area contributed by atoms with Gasteiger partial charge >= 0.3 is 5.97 Å². The van der Waals surface area contributed by atoms with E-state index in [9.17, 15) is 13.2 Å². The number of methoxy groups -OCH3 is 2. The maximum absolute atomic E-state index is 12.1. The van der Waals surface area contributed by atoms with E-state index in [2.05, 4.69) is 20.7 Å². The van der Waals surface area contributed by atoms with Gasteiger partial charge in [0.15, 0.2) is 0 Å². The molecule has 1 aromatic carbocycles. The summed E-state index contributed by atoms with van der Waals surface area (Å²) < 4.78 is 37.0. The second-order valence-electron chi connectivity index (χ2n) is 4.10. The van der Waals surface area contributed by atoms with Gasteiger partial charge in [-0.3, -0.25) is 4.79 Å². The maximum atomic E-state index is 12.1. The Morgan fingerprint density at radius 2 is 2.10 bits per heavy atom. The fourth-order valence-corrected chi connectivity index (χ4v) is 3.32. The van der Waals surface area contributed by atoms with E-state index in [1.54, 1.807) is 0 Å². The summed E-state index contributed by atoms with van der Waals surface area (Å²) in [5.41, 5.74) is 0. The fraction of sp³-hybridized carbons (Fsp3) is 0.417. The number of sulfonamides is 1. The van der Waals surface area contributed by atoms with Gasteiger partial charge in [-0.25, -0.2) is 13.1 Å². The third-order valence-electron chi connectivity index (χ3n) is 2.67. The number of carbonyl (C=O) groups is 1. The van der Waals surface area contributed by atoms with Crippen molar-refractivity contribution in [2.45, 2.75) is 17.4 Å². The van der Waals surface area contributed by atoms with Crippen LogP contribution in [0.3, 0.4) is 0 Å². The van der Waals surface area contributed by atoms with Crippen molar-refractivity contribution >= 4 is 31.9 Å². The van der Waals surface area contributed by atoms with E-state index in [-0.39, 0.29) is 17.9 Å². The molecule has 0 spiro atoms. The molecule has 0 amide bonds. The van der Waals surface area contributed by atoms with Crippen LogP contribution in [0, 0.1) is 0 Å². The van der Waals surface area contributed by atoms with Crippen molar-refractivity contribution < 1.29 is 27.8 Å². The highest BCUT2D eigenvalue weighted by atomic mass is 79.9. The molecule has 0 aliphatic heterocycles. The minimum atomic E-state index is -3.76. The number of carboxylic acid groups (broad SMARTS) is 1. The largest absolute Gasteiger partial charge is 0.496 e. The van der Waals surface area contributed by atoms with Crippen LogP contribution in [-0.2, 0) is 19.6 Å². The van der Waals surface area contributed by atoms with Crippen LogP contribution in [0.5, 0.6) is 5.75 Å². The monoisotopic (exact) mass is 381 g/mol. The zero-order chi connectivity index (χ0) is 16.0. The quantitative estimate of drug-likeness (QED) is 0.701. The highest BCUT2D eigenvalue weighted by Crippen LogP contribution is 2.27. The number of hydrogen-bond acceptors (Lipinski definition) is 5. The van der Waals surface area contributed by atoms with Crippen LogP contribution in [0.2, 0.25) is 0 Å². The molecule has 0 saturated heterocycles. The Hall–Kier alpha value is -1.16. The predicted molar refractivity (Wildman–Crippen MR) is 78.9 cm³/mol. The lowest BCUT2D eigenvalue weighted by Crippen LogP contribution is -2.34. The molecule has 0 aliphatic carbocycles. The maximum Gasteiger partial charge on any atom is 0.306 e. The SMILES string of the molecule is COc1ccc(S(=O)(=O)NCC(CC(=O)O)OC)cc1Br. The number of aliphatic carboxylic acids is 1. The molecule has 2 N–H and O–H groups in total. The molecule has 9 heteroatoms. The van der Waals surface area contributed by atoms with E-state index in [0.717, 1.165) is 0 Å². The van der Waals surface area contributed by atoms with Gasteiger partial charge in [0.25, 0.3) is 0 Å². The number of hydrogen-bond donors (Lipinski definition) is 2. The van der Waals surface area contributed by atoms with Crippen molar-refractivity contribution in [2.75, 3.05) is 20.8 Å². The summed E-state index contributed by atoms with van der Waals surface area (Å²) in [6.07, 6.45) is -1.02. The van der Waals surface area contributed by atoms with Gasteiger partial charge in [0, 0.05) is 13.7 Å². The van der Waals surface area contributed by atoms with E-state index in [0.29, 0.717) is 10.2 Å². The summed E-state index contributed by atoms with van der Waals surface area (Å²) in [7, 11) is -0.958. The van der Waals surface area contributed by atoms with Gasteiger partial charge < -0.3 is 14.6 Å². The molecule has 1 aromatic rings. The fourth-order valence-electron chi connectivity index (χ4n) is 1.53. The normalized spacial score (nSPS) is 12.9. The second-order valence-corrected chi connectivity index (χ2v) is 6.73. The molecule has 21 heavy (non-hydrogen) atoms. The number of carboxylic acids is 1. The lowest BCUT2D eigenvalue weighted by Gasteiger charge is -2.14. The minimum absolute atomic E-state index is 0.0420. The molecule has 0 saturated carbocycles. The van der Waals surface area contributed by atoms with Gasteiger partial charge in [-0.2, -0.15) is 0 Å². The third-order valence-corrected chi connectivity index (χ3v) is 4.71. The molecular weight excluding hydrogens is 366 g/mol. The molecular formula is C12H16BrNO6S. The van der Waals surface area contributed by atoms with Crippen LogP contribution >= 0.6 is 15.9 Å². The van der Waals surface area contributed by atoms with E-state index < -0.39 is 22.1 Å². The highest BCUT2D eigenvalue weighted by Gasteiger charge is 2.19. The molecule has 0 fully saturated rings. The van der Waals surface area contributed by atoms with Crippen LogP contribution < -0.4 is 9.46 Å². The summed E-state index contributed by atoms with van der Waals surface area (Å²) in [5.74, 6) is -0.553. The summed E-state index contributed by atoms with van der Waals surface area (Å²) in [5, 5.41) is 8.68. The van der Waals surface area contributed by atoms with E-state index in [4.69, 9.17) is 14.6 Å². The Labute approximate surface area is 131 Å². The first-order valence-electron chi connectivity index (χ1n) is 5.88. The summed E-state index contributed by atoms with van der Waals surface area (Å²) in [6, 6.07) is 4.31. The molecule has 0 aromatic heterocycles. The third kappa shape index (κ3) is 5.27. The molecule has 1 atom stereocenters. The lowest BCUT2D eigenvalue weighted by molar-refractivity contribution is -0.139. The Morgan fingerprint density at radius 3 is 2.57 bits per heavy atom. The zero-order valence-corrected chi connectivity index (χ0v) is 13.9. The van der Waals surface area contributed by atoms with Gasteiger partial charge in [-0.1, -0.05) is 0 Å². The van der Waals surface area contributed by atoms with Crippen molar-refractivity contribution in [1.29, 1.82) is 0 Å². The average molecular weight is 382 g/mol. The van der Waals surface area contributed by atoms with Gasteiger partial charge in [-0.05, 0) is 34.1 Å². The lowest BCUT2D eigenvalue weighted by atomic mass is 10.2. The van der Waals surface area contributed by atoms with Crippen molar-refractivity contribution in [3.63, 3.8) is 0 Å². The summed E-state index contributed by atoms with van der Waals surface area (Å²) >= 11 is 3.21. The van der Waals surface area contributed by atoms with Gasteiger partial charge in [0.1, 0.15) is 5.75 Å². The average Bonchev–Trinajstić information content (AvgIpc) is 2.43. The minimum Gasteiger partial charge on any atom is -0.496 e.